The average molecular weight is 375 g/mol. The van der Waals surface area contributed by atoms with Gasteiger partial charge in [0.1, 0.15) is 5.82 Å². The summed E-state index contributed by atoms with van der Waals surface area (Å²) in [6.45, 7) is 0.543. The Morgan fingerprint density at radius 1 is 1.19 bits per heavy atom. The highest BCUT2D eigenvalue weighted by Gasteiger charge is 2.10. The van der Waals surface area contributed by atoms with Gasteiger partial charge in [0.25, 0.3) is 0 Å². The van der Waals surface area contributed by atoms with Gasteiger partial charge >= 0.3 is 0 Å². The zero-order valence-corrected chi connectivity index (χ0v) is 13.9. The summed E-state index contributed by atoms with van der Waals surface area (Å²) in [5.74, 6) is 0.850. The fourth-order valence-corrected chi connectivity index (χ4v) is 2.72. The Kier molecular flexibility index (Phi) is 5.31. The normalized spacial score (nSPS) is 10.3. The smallest absolute Gasteiger partial charge is 0.174 e. The number of hydrogen-bond acceptors (Lipinski definition) is 3. The Bertz CT molecular complexity index is 652. The summed E-state index contributed by atoms with van der Waals surface area (Å²) in [5, 5.41) is 3.27. The SMILES string of the molecule is COc1cc(CNc2ccc(F)c(Cl)c2)cc(Br)c1OC. The molecule has 0 amide bonds. The molecule has 0 heterocycles. The van der Waals surface area contributed by atoms with Crippen LogP contribution < -0.4 is 14.8 Å². The molecule has 0 saturated carbocycles. The van der Waals surface area contributed by atoms with Crippen LogP contribution in [0.5, 0.6) is 11.5 Å². The Balaban J connectivity index is 2.16. The van der Waals surface area contributed by atoms with E-state index in [0.29, 0.717) is 18.0 Å². The first-order valence-electron chi connectivity index (χ1n) is 6.14. The molecule has 21 heavy (non-hydrogen) atoms. The van der Waals surface area contributed by atoms with E-state index in [1.165, 1.54) is 6.07 Å². The molecular weight excluding hydrogens is 361 g/mol. The van der Waals surface area contributed by atoms with Crippen molar-refractivity contribution in [3.63, 3.8) is 0 Å². The highest BCUT2D eigenvalue weighted by molar-refractivity contribution is 9.10. The van der Waals surface area contributed by atoms with E-state index in [-0.39, 0.29) is 5.02 Å². The van der Waals surface area contributed by atoms with E-state index in [1.54, 1.807) is 26.4 Å². The van der Waals surface area contributed by atoms with Crippen LogP contribution in [0, 0.1) is 5.82 Å². The second-order valence-electron chi connectivity index (χ2n) is 4.30. The maximum atomic E-state index is 13.1. The highest BCUT2D eigenvalue weighted by atomic mass is 79.9. The molecule has 0 bridgehead atoms. The van der Waals surface area contributed by atoms with Gasteiger partial charge in [0, 0.05) is 12.2 Å². The molecule has 3 nitrogen and oxygen atoms in total. The van der Waals surface area contributed by atoms with Crippen LogP contribution in [0.3, 0.4) is 0 Å². The molecule has 0 fully saturated rings. The highest BCUT2D eigenvalue weighted by Crippen LogP contribution is 2.36. The lowest BCUT2D eigenvalue weighted by Crippen LogP contribution is -2.01. The summed E-state index contributed by atoms with van der Waals surface area (Å²) >= 11 is 9.19. The molecule has 0 spiro atoms. The summed E-state index contributed by atoms with van der Waals surface area (Å²) < 4.78 is 24.5. The summed E-state index contributed by atoms with van der Waals surface area (Å²) in [6.07, 6.45) is 0. The molecule has 1 N–H and O–H groups in total. The molecule has 0 atom stereocenters. The molecule has 112 valence electrons. The third kappa shape index (κ3) is 3.80. The van der Waals surface area contributed by atoms with Crippen LogP contribution >= 0.6 is 27.5 Å². The van der Waals surface area contributed by atoms with Crippen LogP contribution in [-0.2, 0) is 6.54 Å². The van der Waals surface area contributed by atoms with E-state index >= 15 is 0 Å². The molecule has 0 saturated heterocycles. The van der Waals surface area contributed by atoms with Crippen LogP contribution in [0.2, 0.25) is 5.02 Å². The first-order chi connectivity index (χ1) is 10.0. The maximum absolute atomic E-state index is 13.1. The molecule has 2 aromatic rings. The van der Waals surface area contributed by atoms with Gasteiger partial charge in [0.2, 0.25) is 0 Å². The fraction of sp³-hybridized carbons (Fsp3) is 0.200. The van der Waals surface area contributed by atoms with Crippen LogP contribution in [0.4, 0.5) is 10.1 Å². The second-order valence-corrected chi connectivity index (χ2v) is 5.56. The fourth-order valence-electron chi connectivity index (χ4n) is 1.88. The molecule has 0 aromatic heterocycles. The number of benzene rings is 2. The quantitative estimate of drug-likeness (QED) is 0.810. The summed E-state index contributed by atoms with van der Waals surface area (Å²) in [4.78, 5) is 0. The number of hydrogen-bond donors (Lipinski definition) is 1. The van der Waals surface area contributed by atoms with Crippen molar-refractivity contribution < 1.29 is 13.9 Å². The molecule has 6 heteroatoms. The Labute approximate surface area is 136 Å². The molecule has 0 aliphatic rings. The van der Waals surface area contributed by atoms with Crippen molar-refractivity contribution in [3.8, 4) is 11.5 Å². The third-order valence-corrected chi connectivity index (χ3v) is 3.79. The second kappa shape index (κ2) is 7.00. The van der Waals surface area contributed by atoms with E-state index in [1.807, 2.05) is 12.1 Å². The standard InChI is InChI=1S/C15H14BrClFNO2/c1-20-14-6-9(5-11(16)15(14)21-2)8-19-10-3-4-13(18)12(17)7-10/h3-7,19H,8H2,1-2H3. The predicted molar refractivity (Wildman–Crippen MR) is 86.0 cm³/mol. The molecule has 2 aromatic carbocycles. The predicted octanol–water partition coefficient (Wildman–Crippen LogP) is 4.87. The number of rotatable bonds is 5. The van der Waals surface area contributed by atoms with E-state index in [0.717, 1.165) is 15.7 Å². The van der Waals surface area contributed by atoms with Gasteiger partial charge in [0.15, 0.2) is 11.5 Å². The summed E-state index contributed by atoms with van der Waals surface area (Å²) in [5.41, 5.74) is 1.73. The molecule has 2 rings (SSSR count). The Hall–Kier alpha value is -1.46. The van der Waals surface area contributed by atoms with E-state index < -0.39 is 5.82 Å². The molecular formula is C15H14BrClFNO2. The topological polar surface area (TPSA) is 30.5 Å². The van der Waals surface area contributed by atoms with Crippen molar-refractivity contribution in [3.05, 3.63) is 51.2 Å². The van der Waals surface area contributed by atoms with Crippen LogP contribution in [0.1, 0.15) is 5.56 Å². The van der Waals surface area contributed by atoms with Crippen molar-refractivity contribution in [1.82, 2.24) is 0 Å². The van der Waals surface area contributed by atoms with E-state index in [2.05, 4.69) is 21.2 Å². The largest absolute Gasteiger partial charge is 0.493 e. The Morgan fingerprint density at radius 2 is 1.95 bits per heavy atom. The van der Waals surface area contributed by atoms with Gasteiger partial charge in [-0.15, -0.1) is 0 Å². The minimum atomic E-state index is -0.434. The van der Waals surface area contributed by atoms with Gasteiger partial charge in [-0.05, 0) is 51.8 Å². The monoisotopic (exact) mass is 373 g/mol. The summed E-state index contributed by atoms with van der Waals surface area (Å²) in [7, 11) is 3.17. The Morgan fingerprint density at radius 3 is 2.57 bits per heavy atom. The minimum Gasteiger partial charge on any atom is -0.493 e. The lowest BCUT2D eigenvalue weighted by Gasteiger charge is -2.13. The van der Waals surface area contributed by atoms with Crippen LogP contribution in [0.25, 0.3) is 0 Å². The van der Waals surface area contributed by atoms with E-state index in [9.17, 15) is 4.39 Å². The number of nitrogens with one attached hydrogen (secondary N) is 1. The minimum absolute atomic E-state index is 0.0912. The number of methoxy groups -OCH3 is 2. The first-order valence-corrected chi connectivity index (χ1v) is 7.31. The van der Waals surface area contributed by atoms with E-state index in [4.69, 9.17) is 21.1 Å². The third-order valence-electron chi connectivity index (χ3n) is 2.91. The van der Waals surface area contributed by atoms with Crippen molar-refractivity contribution in [2.75, 3.05) is 19.5 Å². The zero-order valence-electron chi connectivity index (χ0n) is 11.5. The molecule has 0 unspecified atom stereocenters. The molecule has 0 radical (unpaired) electrons. The van der Waals surface area contributed by atoms with Gasteiger partial charge in [-0.25, -0.2) is 4.39 Å². The number of anilines is 1. The summed E-state index contributed by atoms with van der Waals surface area (Å²) in [6, 6.07) is 8.32. The van der Waals surface area contributed by atoms with Gasteiger partial charge < -0.3 is 14.8 Å². The number of ether oxygens (including phenoxy) is 2. The van der Waals surface area contributed by atoms with Crippen molar-refractivity contribution in [2.24, 2.45) is 0 Å². The lowest BCUT2D eigenvalue weighted by molar-refractivity contribution is 0.352. The van der Waals surface area contributed by atoms with Crippen molar-refractivity contribution >= 4 is 33.2 Å². The van der Waals surface area contributed by atoms with Crippen LogP contribution in [-0.4, -0.2) is 14.2 Å². The maximum Gasteiger partial charge on any atom is 0.174 e. The van der Waals surface area contributed by atoms with Gasteiger partial charge in [-0.1, -0.05) is 11.6 Å². The molecule has 0 aliphatic heterocycles. The van der Waals surface area contributed by atoms with Gasteiger partial charge in [-0.3, -0.25) is 0 Å². The number of halogens is 3. The van der Waals surface area contributed by atoms with Crippen molar-refractivity contribution in [2.45, 2.75) is 6.54 Å². The molecule has 0 aliphatic carbocycles. The van der Waals surface area contributed by atoms with Crippen molar-refractivity contribution in [1.29, 1.82) is 0 Å². The lowest BCUT2D eigenvalue weighted by atomic mass is 10.2. The first kappa shape index (κ1) is 15.9. The zero-order chi connectivity index (χ0) is 15.4. The van der Waals surface area contributed by atoms with Crippen LogP contribution in [0.15, 0.2) is 34.8 Å². The van der Waals surface area contributed by atoms with Gasteiger partial charge in [-0.2, -0.15) is 0 Å². The van der Waals surface area contributed by atoms with Gasteiger partial charge in [0.05, 0.1) is 23.7 Å². The average Bonchev–Trinajstić information content (AvgIpc) is 2.47.